The molecule has 0 unspecified atom stereocenters. The topological polar surface area (TPSA) is 96.0 Å². The van der Waals surface area contributed by atoms with E-state index >= 15 is 0 Å². The molecule has 0 aliphatic rings. The first-order chi connectivity index (χ1) is 19.2. The van der Waals surface area contributed by atoms with Crippen LogP contribution in [0.1, 0.15) is 98.6 Å². The molecule has 0 bridgehead atoms. The zero-order valence-corrected chi connectivity index (χ0v) is 30.0. The Balaban J connectivity index is 3.01. The van der Waals surface area contributed by atoms with Crippen LogP contribution in [0.3, 0.4) is 0 Å². The lowest BCUT2D eigenvalue weighted by molar-refractivity contribution is -0.150. The summed E-state index contributed by atoms with van der Waals surface area (Å²) in [5, 5.41) is 0.0273. The first-order valence-electron chi connectivity index (χ1n) is 15.4. The van der Waals surface area contributed by atoms with Crippen molar-refractivity contribution < 1.29 is 31.9 Å². The predicted octanol–water partition coefficient (Wildman–Crippen LogP) is 7.27. The Hall–Kier alpha value is -1.71. The highest BCUT2D eigenvalue weighted by molar-refractivity contribution is 7.91. The molecule has 0 radical (unpaired) electrons. The maximum atomic E-state index is 13.5. The molecule has 0 aliphatic heterocycles. The van der Waals surface area contributed by atoms with Crippen LogP contribution in [0.5, 0.6) is 0 Å². The van der Waals surface area contributed by atoms with Crippen molar-refractivity contribution >= 4 is 30.1 Å². The summed E-state index contributed by atoms with van der Waals surface area (Å²) in [7, 11) is -3.94. The van der Waals surface area contributed by atoms with E-state index in [1.807, 2.05) is 52.0 Å². The lowest BCUT2D eigenvalue weighted by Gasteiger charge is -2.36. The van der Waals surface area contributed by atoms with Crippen molar-refractivity contribution in [2.75, 3.05) is 31.8 Å². The number of unbranched alkanes of at least 4 members (excludes halogenated alkanes) is 1. The Labute approximate surface area is 257 Å². The van der Waals surface area contributed by atoms with Crippen LogP contribution in [0.4, 0.5) is 0 Å². The predicted molar refractivity (Wildman–Crippen MR) is 174 cm³/mol. The van der Waals surface area contributed by atoms with Gasteiger partial charge in [0.15, 0.2) is 18.2 Å². The van der Waals surface area contributed by atoms with Gasteiger partial charge in [-0.1, -0.05) is 85.6 Å². The third-order valence-electron chi connectivity index (χ3n) is 8.70. The third kappa shape index (κ3) is 12.1. The first kappa shape index (κ1) is 38.3. The Bertz CT molecular complexity index is 1120. The number of methoxy groups -OCH3 is 1. The Morgan fingerprint density at radius 2 is 1.62 bits per heavy atom. The lowest BCUT2D eigenvalue weighted by Crippen LogP contribution is -2.42. The molecule has 1 aromatic carbocycles. The second kappa shape index (κ2) is 15.8. The molecular formula is C33H58O7SSi. The van der Waals surface area contributed by atoms with Crippen molar-refractivity contribution in [3.8, 4) is 0 Å². The lowest BCUT2D eigenvalue weighted by atomic mass is 9.75. The number of carbonyl (C=O) groups excluding carboxylic acids is 2. The van der Waals surface area contributed by atoms with Gasteiger partial charge in [0.1, 0.15) is 0 Å². The molecule has 9 heteroatoms. The summed E-state index contributed by atoms with van der Waals surface area (Å²) in [5.41, 5.74) is 0.432. The number of sulfone groups is 1. The summed E-state index contributed by atoms with van der Waals surface area (Å²) in [6, 6.07) is 7.78. The number of hydrogen-bond acceptors (Lipinski definition) is 7. The van der Waals surface area contributed by atoms with Crippen molar-refractivity contribution in [3.05, 3.63) is 35.4 Å². The first-order valence-corrected chi connectivity index (χ1v) is 20.1. The van der Waals surface area contributed by atoms with E-state index < -0.39 is 29.0 Å². The minimum atomic E-state index is -3.32. The van der Waals surface area contributed by atoms with Crippen LogP contribution in [0.2, 0.25) is 18.1 Å². The van der Waals surface area contributed by atoms with Gasteiger partial charge in [-0.05, 0) is 67.3 Å². The minimum Gasteiger partial charge on any atom is -0.469 e. The van der Waals surface area contributed by atoms with Crippen molar-refractivity contribution in [2.24, 2.45) is 11.3 Å². The zero-order chi connectivity index (χ0) is 32.4. The number of rotatable bonds is 18. The molecule has 242 valence electrons. The maximum Gasteiger partial charge on any atom is 0.316 e. The number of benzene rings is 1. The van der Waals surface area contributed by atoms with Crippen LogP contribution in [0.25, 0.3) is 0 Å². The van der Waals surface area contributed by atoms with Gasteiger partial charge in [0.25, 0.3) is 0 Å². The van der Waals surface area contributed by atoms with Crippen molar-refractivity contribution in [1.29, 1.82) is 0 Å². The summed E-state index contributed by atoms with van der Waals surface area (Å²) >= 11 is 0. The normalized spacial score (nSPS) is 15.1. The molecule has 2 atom stereocenters. The Morgan fingerprint density at radius 3 is 2.19 bits per heavy atom. The average molecular weight is 627 g/mol. The van der Waals surface area contributed by atoms with Crippen molar-refractivity contribution in [1.82, 2.24) is 0 Å². The molecule has 42 heavy (non-hydrogen) atoms. The van der Waals surface area contributed by atoms with E-state index in [4.69, 9.17) is 13.9 Å². The van der Waals surface area contributed by atoms with Gasteiger partial charge in [0.05, 0.1) is 36.6 Å². The molecule has 0 saturated heterocycles. The standard InChI is InChI=1S/C33H58O7SSi/c1-12-13-20-39-30(35)33(8,28-17-14-16-27(24-28)23-26(2)29(34)38-9)19-15-18-32(6,7)25-41(36,37)22-21-40-42(10,11)31(3,4)5/h14,16-17,24,26H,12-13,15,18-23,25H2,1-11H3/t26-,33-/m1/s1. The van der Waals surface area contributed by atoms with E-state index in [2.05, 4.69) is 40.8 Å². The van der Waals surface area contributed by atoms with E-state index in [0.717, 1.165) is 24.0 Å². The van der Waals surface area contributed by atoms with Crippen LogP contribution < -0.4 is 0 Å². The van der Waals surface area contributed by atoms with E-state index in [1.54, 1.807) is 0 Å². The van der Waals surface area contributed by atoms with E-state index in [1.165, 1.54) is 7.11 Å². The SMILES string of the molecule is CCCCOC(=O)[C@](C)(CCCC(C)(C)CS(=O)(=O)CCO[Si](C)(C)C(C)(C)C)c1cccc(C[C@@H](C)C(=O)OC)c1. The number of hydrogen-bond donors (Lipinski definition) is 0. The summed E-state index contributed by atoms with van der Waals surface area (Å²) in [6.07, 6.45) is 4.05. The molecule has 0 saturated carbocycles. The fourth-order valence-electron chi connectivity index (χ4n) is 4.81. The number of carbonyl (C=O) groups is 2. The van der Waals surface area contributed by atoms with Crippen LogP contribution in [-0.2, 0) is 45.2 Å². The van der Waals surface area contributed by atoms with Crippen molar-refractivity contribution in [2.45, 2.75) is 117 Å². The van der Waals surface area contributed by atoms with E-state index in [9.17, 15) is 18.0 Å². The highest BCUT2D eigenvalue weighted by Crippen LogP contribution is 2.37. The molecule has 0 N–H and O–H groups in total. The second-order valence-corrected chi connectivity index (χ2v) is 21.4. The molecule has 0 aromatic heterocycles. The number of esters is 2. The number of ether oxygens (including phenoxy) is 2. The quantitative estimate of drug-likeness (QED) is 0.0960. The van der Waals surface area contributed by atoms with Gasteiger partial charge in [0.2, 0.25) is 0 Å². The van der Waals surface area contributed by atoms with E-state index in [-0.39, 0.29) is 41.0 Å². The summed E-state index contributed by atoms with van der Waals surface area (Å²) in [6.45, 7) is 21.0. The fourth-order valence-corrected chi connectivity index (χ4v) is 7.82. The molecule has 1 aromatic rings. The summed E-state index contributed by atoms with van der Waals surface area (Å²) in [5.74, 6) is -0.767. The third-order valence-corrected chi connectivity index (χ3v) is 15.2. The molecule has 0 fully saturated rings. The van der Waals surface area contributed by atoms with Crippen molar-refractivity contribution in [3.63, 3.8) is 0 Å². The van der Waals surface area contributed by atoms with E-state index in [0.29, 0.717) is 32.3 Å². The molecule has 1 rings (SSSR count). The summed E-state index contributed by atoms with van der Waals surface area (Å²) in [4.78, 5) is 25.5. The zero-order valence-electron chi connectivity index (χ0n) is 28.2. The highest BCUT2D eigenvalue weighted by atomic mass is 32.2. The monoisotopic (exact) mass is 626 g/mol. The molecule has 0 aliphatic carbocycles. The Kier molecular flexibility index (Phi) is 14.5. The molecule has 0 spiro atoms. The Morgan fingerprint density at radius 1 is 0.976 bits per heavy atom. The van der Waals surface area contributed by atoms with Gasteiger partial charge in [-0.25, -0.2) is 8.42 Å². The van der Waals surface area contributed by atoms with Crippen LogP contribution in [0, 0.1) is 11.3 Å². The summed E-state index contributed by atoms with van der Waals surface area (Å²) < 4.78 is 42.8. The van der Waals surface area contributed by atoms with Gasteiger partial charge >= 0.3 is 11.9 Å². The highest BCUT2D eigenvalue weighted by Gasteiger charge is 2.39. The van der Waals surface area contributed by atoms with Crippen LogP contribution >= 0.6 is 0 Å². The van der Waals surface area contributed by atoms with Gasteiger partial charge in [-0.2, -0.15) is 0 Å². The molecule has 0 amide bonds. The molecule has 7 nitrogen and oxygen atoms in total. The molecular weight excluding hydrogens is 569 g/mol. The van der Waals surface area contributed by atoms with Gasteiger partial charge in [-0.15, -0.1) is 0 Å². The maximum absolute atomic E-state index is 13.5. The van der Waals surface area contributed by atoms with Gasteiger partial charge in [-0.3, -0.25) is 9.59 Å². The smallest absolute Gasteiger partial charge is 0.316 e. The molecule has 0 heterocycles. The minimum absolute atomic E-state index is 0.0151. The second-order valence-electron chi connectivity index (χ2n) is 14.4. The fraction of sp³-hybridized carbons (Fsp3) is 0.758. The largest absolute Gasteiger partial charge is 0.469 e. The van der Waals surface area contributed by atoms with Crippen LogP contribution in [-0.4, -0.2) is 60.5 Å². The van der Waals surface area contributed by atoms with Gasteiger partial charge < -0.3 is 13.9 Å². The average Bonchev–Trinajstić information content (AvgIpc) is 2.86. The van der Waals surface area contributed by atoms with Crippen LogP contribution in [0.15, 0.2) is 24.3 Å². The van der Waals surface area contributed by atoms with Gasteiger partial charge in [0, 0.05) is 6.61 Å².